The van der Waals surface area contributed by atoms with Crippen molar-refractivity contribution in [3.63, 3.8) is 0 Å². The number of carbonyl (C=O) groups excluding carboxylic acids is 1. The molecule has 82 valence electrons. The zero-order valence-electron chi connectivity index (χ0n) is 9.00. The van der Waals surface area contributed by atoms with Crippen molar-refractivity contribution < 1.29 is 13.9 Å². The molecule has 0 fully saturated rings. The van der Waals surface area contributed by atoms with Crippen molar-refractivity contribution >= 4 is 5.97 Å². The van der Waals surface area contributed by atoms with E-state index >= 15 is 0 Å². The van der Waals surface area contributed by atoms with Gasteiger partial charge in [-0.15, -0.1) is 0 Å². The van der Waals surface area contributed by atoms with Crippen molar-refractivity contribution in [2.24, 2.45) is 0 Å². The van der Waals surface area contributed by atoms with Gasteiger partial charge >= 0.3 is 5.97 Å². The fourth-order valence-electron chi connectivity index (χ4n) is 1.37. The number of halogens is 1. The van der Waals surface area contributed by atoms with Crippen LogP contribution in [-0.2, 0) is 15.2 Å². The van der Waals surface area contributed by atoms with Crippen LogP contribution in [0.2, 0.25) is 0 Å². The molecule has 0 amide bonds. The Morgan fingerprint density at radius 2 is 2.00 bits per heavy atom. The summed E-state index contributed by atoms with van der Waals surface area (Å²) >= 11 is 0. The van der Waals surface area contributed by atoms with Crippen LogP contribution in [0.5, 0.6) is 0 Å². The molecule has 0 spiro atoms. The first-order valence-corrected chi connectivity index (χ1v) is 4.96. The molecule has 2 nitrogen and oxygen atoms in total. The third-order valence-electron chi connectivity index (χ3n) is 2.16. The second-order valence-corrected chi connectivity index (χ2v) is 3.55. The van der Waals surface area contributed by atoms with Gasteiger partial charge in [0.15, 0.2) is 0 Å². The van der Waals surface area contributed by atoms with Gasteiger partial charge in [0.05, 0.1) is 13.0 Å². The molecule has 1 unspecified atom stereocenters. The van der Waals surface area contributed by atoms with Crippen LogP contribution < -0.4 is 0 Å². The van der Waals surface area contributed by atoms with Gasteiger partial charge in [0, 0.05) is 0 Å². The van der Waals surface area contributed by atoms with Gasteiger partial charge in [-0.1, -0.05) is 30.3 Å². The Kier molecular flexibility index (Phi) is 3.83. The Labute approximate surface area is 89.1 Å². The number of carbonyl (C=O) groups is 1. The van der Waals surface area contributed by atoms with E-state index in [1.54, 1.807) is 31.2 Å². The Bertz CT molecular complexity index is 320. The lowest BCUT2D eigenvalue weighted by atomic mass is 9.95. The van der Waals surface area contributed by atoms with Gasteiger partial charge in [0.25, 0.3) is 0 Å². The van der Waals surface area contributed by atoms with E-state index in [9.17, 15) is 9.18 Å². The summed E-state index contributed by atoms with van der Waals surface area (Å²) in [5.74, 6) is -0.508. The molecule has 1 aromatic rings. The van der Waals surface area contributed by atoms with E-state index in [0.717, 1.165) is 0 Å². The summed E-state index contributed by atoms with van der Waals surface area (Å²) < 4.78 is 18.8. The first kappa shape index (κ1) is 11.7. The zero-order chi connectivity index (χ0) is 11.3. The molecule has 0 N–H and O–H groups in total. The molecule has 0 aliphatic carbocycles. The number of alkyl halides is 1. The SMILES string of the molecule is CCOC(=O)CC(C)(F)c1ccccc1. The van der Waals surface area contributed by atoms with Gasteiger partial charge in [-0.05, 0) is 19.4 Å². The molecular weight excluding hydrogens is 195 g/mol. The summed E-state index contributed by atoms with van der Waals surface area (Å²) in [5, 5.41) is 0. The molecular formula is C12H15FO2. The average molecular weight is 210 g/mol. The summed E-state index contributed by atoms with van der Waals surface area (Å²) in [6.07, 6.45) is -0.245. The van der Waals surface area contributed by atoms with Crippen molar-refractivity contribution in [1.82, 2.24) is 0 Å². The fraction of sp³-hybridized carbons (Fsp3) is 0.417. The third kappa shape index (κ3) is 3.35. The average Bonchev–Trinajstić information content (AvgIpc) is 2.18. The molecule has 0 aromatic heterocycles. The van der Waals surface area contributed by atoms with E-state index < -0.39 is 11.6 Å². The predicted octanol–water partition coefficient (Wildman–Crippen LogP) is 2.82. The number of ether oxygens (including phenoxy) is 1. The van der Waals surface area contributed by atoms with Gasteiger partial charge in [-0.25, -0.2) is 4.39 Å². The number of hydrogen-bond acceptors (Lipinski definition) is 2. The van der Waals surface area contributed by atoms with Crippen LogP contribution in [0.25, 0.3) is 0 Å². The second kappa shape index (κ2) is 4.91. The number of rotatable bonds is 4. The van der Waals surface area contributed by atoms with Crippen LogP contribution >= 0.6 is 0 Å². The van der Waals surface area contributed by atoms with Crippen molar-refractivity contribution in [1.29, 1.82) is 0 Å². The van der Waals surface area contributed by atoms with E-state index in [4.69, 9.17) is 4.74 Å². The Morgan fingerprint density at radius 3 is 2.53 bits per heavy atom. The number of esters is 1. The van der Waals surface area contributed by atoms with Crippen LogP contribution in [0.4, 0.5) is 4.39 Å². The smallest absolute Gasteiger partial charge is 0.309 e. The highest BCUT2D eigenvalue weighted by Crippen LogP contribution is 2.29. The van der Waals surface area contributed by atoms with Crippen LogP contribution in [0.1, 0.15) is 25.8 Å². The molecule has 1 aromatic carbocycles. The monoisotopic (exact) mass is 210 g/mol. The minimum absolute atomic E-state index is 0.245. The fourth-order valence-corrected chi connectivity index (χ4v) is 1.37. The quantitative estimate of drug-likeness (QED) is 0.714. The Morgan fingerprint density at radius 1 is 1.40 bits per heavy atom. The number of benzene rings is 1. The third-order valence-corrected chi connectivity index (χ3v) is 2.16. The molecule has 1 rings (SSSR count). The highest BCUT2D eigenvalue weighted by atomic mass is 19.1. The Hall–Kier alpha value is -1.38. The first-order chi connectivity index (χ1) is 7.06. The summed E-state index contributed by atoms with van der Waals surface area (Å²) in [7, 11) is 0. The second-order valence-electron chi connectivity index (χ2n) is 3.55. The molecule has 3 heteroatoms. The largest absolute Gasteiger partial charge is 0.466 e. The lowest BCUT2D eigenvalue weighted by molar-refractivity contribution is -0.146. The number of hydrogen-bond donors (Lipinski definition) is 0. The minimum atomic E-state index is -1.66. The van der Waals surface area contributed by atoms with E-state index in [1.165, 1.54) is 6.92 Å². The first-order valence-electron chi connectivity index (χ1n) is 4.96. The van der Waals surface area contributed by atoms with E-state index in [1.807, 2.05) is 6.07 Å². The molecule has 0 radical (unpaired) electrons. The van der Waals surface area contributed by atoms with E-state index in [-0.39, 0.29) is 13.0 Å². The van der Waals surface area contributed by atoms with Gasteiger partial charge in [-0.3, -0.25) is 4.79 Å². The highest BCUT2D eigenvalue weighted by molar-refractivity contribution is 5.71. The van der Waals surface area contributed by atoms with Crippen molar-refractivity contribution in [2.75, 3.05) is 6.61 Å². The van der Waals surface area contributed by atoms with Crippen LogP contribution in [0, 0.1) is 0 Å². The van der Waals surface area contributed by atoms with Crippen LogP contribution in [0.3, 0.4) is 0 Å². The van der Waals surface area contributed by atoms with Crippen LogP contribution in [-0.4, -0.2) is 12.6 Å². The maximum Gasteiger partial charge on any atom is 0.309 e. The van der Waals surface area contributed by atoms with Gasteiger partial charge < -0.3 is 4.74 Å². The normalized spacial score (nSPS) is 14.3. The molecule has 0 aliphatic rings. The van der Waals surface area contributed by atoms with Gasteiger partial charge in [0.2, 0.25) is 0 Å². The standard InChI is InChI=1S/C12H15FO2/c1-3-15-11(14)9-12(2,13)10-7-5-4-6-8-10/h4-8H,3,9H2,1-2H3. The van der Waals surface area contributed by atoms with Crippen molar-refractivity contribution in [3.8, 4) is 0 Å². The molecule has 0 bridgehead atoms. The van der Waals surface area contributed by atoms with Gasteiger partial charge in [0.1, 0.15) is 5.67 Å². The van der Waals surface area contributed by atoms with E-state index in [0.29, 0.717) is 5.56 Å². The topological polar surface area (TPSA) is 26.3 Å². The van der Waals surface area contributed by atoms with Crippen LogP contribution in [0.15, 0.2) is 30.3 Å². The van der Waals surface area contributed by atoms with E-state index in [2.05, 4.69) is 0 Å². The lowest BCUT2D eigenvalue weighted by Crippen LogP contribution is -2.21. The van der Waals surface area contributed by atoms with Crippen molar-refractivity contribution in [3.05, 3.63) is 35.9 Å². The van der Waals surface area contributed by atoms with Crippen molar-refractivity contribution in [2.45, 2.75) is 25.9 Å². The van der Waals surface area contributed by atoms with Gasteiger partial charge in [-0.2, -0.15) is 0 Å². The maximum absolute atomic E-state index is 14.1. The summed E-state index contributed by atoms with van der Waals surface area (Å²) in [5.41, 5.74) is -1.16. The molecule has 1 atom stereocenters. The highest BCUT2D eigenvalue weighted by Gasteiger charge is 2.29. The zero-order valence-corrected chi connectivity index (χ0v) is 9.00. The molecule has 0 aliphatic heterocycles. The Balaban J connectivity index is 2.71. The summed E-state index contributed by atoms with van der Waals surface area (Å²) in [6, 6.07) is 8.64. The maximum atomic E-state index is 14.1. The molecule has 0 heterocycles. The molecule has 0 saturated carbocycles. The minimum Gasteiger partial charge on any atom is -0.466 e. The molecule has 0 saturated heterocycles. The predicted molar refractivity (Wildman–Crippen MR) is 56.2 cm³/mol. The summed E-state index contributed by atoms with van der Waals surface area (Å²) in [4.78, 5) is 11.2. The molecule has 15 heavy (non-hydrogen) atoms. The summed E-state index contributed by atoms with van der Waals surface area (Å²) in [6.45, 7) is 3.37. The lowest BCUT2D eigenvalue weighted by Gasteiger charge is -2.19.